The van der Waals surface area contributed by atoms with Gasteiger partial charge in [-0.05, 0) is 39.0 Å². The molecule has 2 aromatic heterocycles. The Hall–Kier alpha value is -2.23. The second-order valence-electron chi connectivity index (χ2n) is 5.43. The molecule has 0 N–H and O–H groups in total. The van der Waals surface area contributed by atoms with E-state index in [9.17, 15) is 4.79 Å². The van der Waals surface area contributed by atoms with Crippen LogP contribution in [0.15, 0.2) is 44.2 Å². The monoisotopic (exact) mass is 258 g/mol. The predicted molar refractivity (Wildman–Crippen MR) is 72.6 cm³/mol. The molecule has 0 atom stereocenters. The van der Waals surface area contributed by atoms with Crippen molar-refractivity contribution in [2.24, 2.45) is 0 Å². The summed E-state index contributed by atoms with van der Waals surface area (Å²) in [5.74, 6) is 0.475. The summed E-state index contributed by atoms with van der Waals surface area (Å²) in [7, 11) is 0. The summed E-state index contributed by atoms with van der Waals surface area (Å²) < 4.78 is 16.6. The summed E-state index contributed by atoms with van der Waals surface area (Å²) >= 11 is 0. The number of rotatable bonds is 1. The molecule has 0 amide bonds. The zero-order valence-electron chi connectivity index (χ0n) is 11.0. The lowest BCUT2D eigenvalue weighted by atomic mass is 10.1. The van der Waals surface area contributed by atoms with Crippen molar-refractivity contribution < 1.29 is 13.6 Å². The molecule has 0 fully saturated rings. The predicted octanol–water partition coefficient (Wildman–Crippen LogP) is 3.72. The van der Waals surface area contributed by atoms with Gasteiger partial charge in [-0.15, -0.1) is 0 Å². The van der Waals surface area contributed by atoms with Gasteiger partial charge in [-0.1, -0.05) is 0 Å². The first-order valence-electron chi connectivity index (χ1n) is 6.07. The standard InChI is InChI=1S/C15H14O4/c1-15(2,3)19-14-12-10(6-7-17-12)8-9-4-5-11(16)18-13(9)14/h4-8H,1-3H3. The van der Waals surface area contributed by atoms with Crippen LogP contribution in [0.2, 0.25) is 0 Å². The molecule has 4 heteroatoms. The van der Waals surface area contributed by atoms with Crippen LogP contribution in [0, 0.1) is 0 Å². The Morgan fingerprint density at radius 3 is 2.53 bits per heavy atom. The molecule has 19 heavy (non-hydrogen) atoms. The number of hydrogen-bond acceptors (Lipinski definition) is 4. The van der Waals surface area contributed by atoms with Gasteiger partial charge in [-0.25, -0.2) is 4.79 Å². The first kappa shape index (κ1) is 11.8. The van der Waals surface area contributed by atoms with Crippen LogP contribution in [0.5, 0.6) is 5.75 Å². The number of furan rings is 1. The van der Waals surface area contributed by atoms with Crippen molar-refractivity contribution in [1.82, 2.24) is 0 Å². The highest BCUT2D eigenvalue weighted by Crippen LogP contribution is 2.36. The van der Waals surface area contributed by atoms with Gasteiger partial charge in [0.1, 0.15) is 5.60 Å². The van der Waals surface area contributed by atoms with Crippen LogP contribution in [0.3, 0.4) is 0 Å². The minimum atomic E-state index is -0.414. The van der Waals surface area contributed by atoms with Gasteiger partial charge in [0.2, 0.25) is 5.75 Å². The summed E-state index contributed by atoms with van der Waals surface area (Å²) in [5.41, 5.74) is 0.196. The van der Waals surface area contributed by atoms with Gasteiger partial charge in [-0.3, -0.25) is 0 Å². The van der Waals surface area contributed by atoms with Gasteiger partial charge in [0, 0.05) is 16.8 Å². The minimum absolute atomic E-state index is 0.405. The smallest absolute Gasteiger partial charge is 0.336 e. The zero-order chi connectivity index (χ0) is 13.6. The van der Waals surface area contributed by atoms with E-state index < -0.39 is 11.2 Å². The highest BCUT2D eigenvalue weighted by atomic mass is 16.5. The fraction of sp³-hybridized carbons (Fsp3) is 0.267. The Morgan fingerprint density at radius 2 is 1.79 bits per heavy atom. The molecule has 0 spiro atoms. The van der Waals surface area contributed by atoms with E-state index in [0.29, 0.717) is 16.9 Å². The van der Waals surface area contributed by atoms with Crippen molar-refractivity contribution >= 4 is 21.9 Å². The van der Waals surface area contributed by atoms with Crippen LogP contribution in [0.4, 0.5) is 0 Å². The molecule has 1 aromatic carbocycles. The van der Waals surface area contributed by atoms with E-state index in [1.54, 1.807) is 12.3 Å². The summed E-state index contributed by atoms with van der Waals surface area (Å²) in [4.78, 5) is 11.4. The second-order valence-corrected chi connectivity index (χ2v) is 5.43. The molecule has 0 aliphatic rings. The van der Waals surface area contributed by atoms with Gasteiger partial charge in [0.05, 0.1) is 6.26 Å². The van der Waals surface area contributed by atoms with E-state index in [2.05, 4.69) is 0 Å². The van der Waals surface area contributed by atoms with Crippen LogP contribution in [0.25, 0.3) is 21.9 Å². The third kappa shape index (κ3) is 2.10. The molecule has 0 saturated carbocycles. The number of benzene rings is 1. The van der Waals surface area contributed by atoms with Gasteiger partial charge in [0.25, 0.3) is 0 Å². The fourth-order valence-corrected chi connectivity index (χ4v) is 2.01. The average molecular weight is 258 g/mol. The van der Waals surface area contributed by atoms with Crippen LogP contribution in [-0.2, 0) is 0 Å². The minimum Gasteiger partial charge on any atom is -0.481 e. The number of hydrogen-bond donors (Lipinski definition) is 0. The molecule has 4 nitrogen and oxygen atoms in total. The van der Waals surface area contributed by atoms with Gasteiger partial charge in [-0.2, -0.15) is 0 Å². The molecular weight excluding hydrogens is 244 g/mol. The van der Waals surface area contributed by atoms with Gasteiger partial charge in [0.15, 0.2) is 11.2 Å². The van der Waals surface area contributed by atoms with Crippen molar-refractivity contribution in [2.45, 2.75) is 26.4 Å². The number of ether oxygens (including phenoxy) is 1. The Kier molecular flexibility index (Phi) is 2.42. The highest BCUT2D eigenvalue weighted by molar-refractivity contribution is 5.99. The van der Waals surface area contributed by atoms with E-state index >= 15 is 0 Å². The maximum Gasteiger partial charge on any atom is 0.336 e. The first-order valence-corrected chi connectivity index (χ1v) is 6.07. The van der Waals surface area contributed by atoms with Crippen molar-refractivity contribution in [3.63, 3.8) is 0 Å². The molecular formula is C15H14O4. The normalized spacial score (nSPS) is 12.2. The third-order valence-corrected chi connectivity index (χ3v) is 2.69. The molecule has 0 saturated heterocycles. The van der Waals surface area contributed by atoms with E-state index in [1.165, 1.54) is 6.07 Å². The quantitative estimate of drug-likeness (QED) is 0.624. The lowest BCUT2D eigenvalue weighted by Crippen LogP contribution is -2.23. The lowest BCUT2D eigenvalue weighted by Gasteiger charge is -2.21. The van der Waals surface area contributed by atoms with E-state index in [-0.39, 0.29) is 0 Å². The maximum atomic E-state index is 11.4. The van der Waals surface area contributed by atoms with Crippen LogP contribution in [0.1, 0.15) is 20.8 Å². The van der Waals surface area contributed by atoms with Gasteiger partial charge < -0.3 is 13.6 Å². The maximum absolute atomic E-state index is 11.4. The lowest BCUT2D eigenvalue weighted by molar-refractivity contribution is 0.131. The van der Waals surface area contributed by atoms with E-state index in [1.807, 2.05) is 32.9 Å². The van der Waals surface area contributed by atoms with Crippen molar-refractivity contribution in [1.29, 1.82) is 0 Å². The fourth-order valence-electron chi connectivity index (χ4n) is 2.01. The Labute approximate surface area is 109 Å². The summed E-state index contributed by atoms with van der Waals surface area (Å²) in [6, 6.07) is 6.89. The zero-order valence-corrected chi connectivity index (χ0v) is 11.0. The van der Waals surface area contributed by atoms with Crippen molar-refractivity contribution in [2.75, 3.05) is 0 Å². The molecule has 0 bridgehead atoms. The number of fused-ring (bicyclic) bond motifs is 2. The summed E-state index contributed by atoms with van der Waals surface area (Å²) in [6.07, 6.45) is 1.59. The van der Waals surface area contributed by atoms with E-state index in [4.69, 9.17) is 13.6 Å². The molecule has 0 radical (unpaired) electrons. The van der Waals surface area contributed by atoms with Crippen LogP contribution < -0.4 is 10.4 Å². The Bertz CT molecular complexity index is 802. The Morgan fingerprint density at radius 1 is 1.05 bits per heavy atom. The third-order valence-electron chi connectivity index (χ3n) is 2.69. The molecule has 0 unspecified atom stereocenters. The van der Waals surface area contributed by atoms with Gasteiger partial charge >= 0.3 is 5.63 Å². The van der Waals surface area contributed by atoms with Crippen LogP contribution >= 0.6 is 0 Å². The second kappa shape index (κ2) is 3.88. The molecule has 3 aromatic rings. The topological polar surface area (TPSA) is 52.6 Å². The first-order chi connectivity index (χ1) is 8.94. The largest absolute Gasteiger partial charge is 0.481 e. The summed E-state index contributed by atoms with van der Waals surface area (Å²) in [5, 5.41) is 1.73. The van der Waals surface area contributed by atoms with Crippen LogP contribution in [-0.4, -0.2) is 5.60 Å². The molecule has 0 aliphatic heterocycles. The molecule has 2 heterocycles. The summed E-state index contributed by atoms with van der Waals surface area (Å²) in [6.45, 7) is 5.80. The van der Waals surface area contributed by atoms with Crippen molar-refractivity contribution in [3.05, 3.63) is 40.9 Å². The molecule has 0 aliphatic carbocycles. The Balaban J connectivity index is 2.42. The molecule has 98 valence electrons. The molecule has 3 rings (SSSR count). The average Bonchev–Trinajstić information content (AvgIpc) is 2.76. The SMILES string of the molecule is CC(C)(C)Oc1c2occc2cc2ccc(=O)oc12. The highest BCUT2D eigenvalue weighted by Gasteiger charge is 2.20. The van der Waals surface area contributed by atoms with E-state index in [0.717, 1.165) is 10.8 Å². The van der Waals surface area contributed by atoms with Crippen molar-refractivity contribution in [3.8, 4) is 5.75 Å².